The number of nitrogens with one attached hydrogen (secondary N) is 1. The van der Waals surface area contributed by atoms with E-state index in [1.807, 2.05) is 0 Å². The molecule has 1 heterocycles. The summed E-state index contributed by atoms with van der Waals surface area (Å²) in [6, 6.07) is 0. The molecule has 0 amide bonds. The molecule has 0 aromatic carbocycles. The number of ether oxygens (including phenoxy) is 1. The summed E-state index contributed by atoms with van der Waals surface area (Å²) in [5.41, 5.74) is 0.216. The minimum atomic E-state index is -0.118. The van der Waals surface area contributed by atoms with E-state index in [2.05, 4.69) is 5.32 Å². The Kier molecular flexibility index (Phi) is 0.858. The molecular weight excluding hydrogens is 118 g/mol. The van der Waals surface area contributed by atoms with Gasteiger partial charge in [0.15, 0.2) is 0 Å². The molecule has 9 heavy (non-hydrogen) atoms. The van der Waals surface area contributed by atoms with Crippen molar-refractivity contribution in [2.24, 2.45) is 0 Å². The lowest BCUT2D eigenvalue weighted by molar-refractivity contribution is -0.147. The molecule has 1 spiro atoms. The van der Waals surface area contributed by atoms with Crippen LogP contribution in [-0.4, -0.2) is 24.7 Å². The lowest BCUT2D eigenvalue weighted by Gasteiger charge is -2.21. The quantitative estimate of drug-likeness (QED) is 0.453. The predicted molar refractivity (Wildman–Crippen MR) is 30.9 cm³/mol. The molecule has 2 aliphatic rings. The van der Waals surface area contributed by atoms with E-state index in [4.69, 9.17) is 4.74 Å². The van der Waals surface area contributed by atoms with Gasteiger partial charge in [-0.2, -0.15) is 0 Å². The van der Waals surface area contributed by atoms with E-state index < -0.39 is 0 Å². The first-order valence-electron chi connectivity index (χ1n) is 3.21. The van der Waals surface area contributed by atoms with Crippen molar-refractivity contribution >= 4 is 5.97 Å². The minimum absolute atomic E-state index is 0.118. The monoisotopic (exact) mass is 127 g/mol. The van der Waals surface area contributed by atoms with E-state index in [-0.39, 0.29) is 11.5 Å². The van der Waals surface area contributed by atoms with Crippen molar-refractivity contribution in [3.63, 3.8) is 0 Å². The summed E-state index contributed by atoms with van der Waals surface area (Å²) in [7, 11) is 0. The predicted octanol–water partition coefficient (Wildman–Crippen LogP) is -0.335. The van der Waals surface area contributed by atoms with Crippen LogP contribution in [0.5, 0.6) is 0 Å². The number of hydrogen-bond donors (Lipinski definition) is 1. The van der Waals surface area contributed by atoms with Crippen molar-refractivity contribution < 1.29 is 9.53 Å². The van der Waals surface area contributed by atoms with Crippen LogP contribution in [-0.2, 0) is 9.53 Å². The van der Waals surface area contributed by atoms with Gasteiger partial charge >= 0.3 is 5.97 Å². The lowest BCUT2D eigenvalue weighted by atomic mass is 10.2. The van der Waals surface area contributed by atoms with Crippen LogP contribution < -0.4 is 5.32 Å². The minimum Gasteiger partial charge on any atom is -0.463 e. The molecule has 0 atom stereocenters. The first-order chi connectivity index (χ1) is 4.31. The molecule has 3 heteroatoms. The molecule has 2 fully saturated rings. The van der Waals surface area contributed by atoms with E-state index >= 15 is 0 Å². The molecule has 1 aliphatic carbocycles. The summed E-state index contributed by atoms with van der Waals surface area (Å²) >= 11 is 0. The third kappa shape index (κ3) is 0.812. The van der Waals surface area contributed by atoms with Crippen LogP contribution in [0.15, 0.2) is 0 Å². The van der Waals surface area contributed by atoms with E-state index in [0.29, 0.717) is 13.2 Å². The maximum Gasteiger partial charge on any atom is 0.320 e. The van der Waals surface area contributed by atoms with Crippen molar-refractivity contribution in [1.82, 2.24) is 5.32 Å². The van der Waals surface area contributed by atoms with Gasteiger partial charge in [-0.3, -0.25) is 10.1 Å². The molecule has 1 aliphatic heterocycles. The van der Waals surface area contributed by atoms with Gasteiger partial charge in [-0.25, -0.2) is 0 Å². The maximum absolute atomic E-state index is 10.5. The summed E-state index contributed by atoms with van der Waals surface area (Å²) < 4.78 is 4.85. The maximum atomic E-state index is 10.5. The summed E-state index contributed by atoms with van der Waals surface area (Å²) in [6.07, 6.45) is 2.33. The van der Waals surface area contributed by atoms with Gasteiger partial charge in [0, 0.05) is 0 Å². The van der Waals surface area contributed by atoms with Gasteiger partial charge in [0.2, 0.25) is 0 Å². The Bertz CT molecular complexity index is 139. The molecule has 2 rings (SSSR count). The first kappa shape index (κ1) is 5.23. The molecule has 0 unspecified atom stereocenters. The second-order valence-corrected chi connectivity index (χ2v) is 2.79. The van der Waals surface area contributed by atoms with Crippen LogP contribution in [0.3, 0.4) is 0 Å². The van der Waals surface area contributed by atoms with Gasteiger partial charge < -0.3 is 4.74 Å². The zero-order valence-corrected chi connectivity index (χ0v) is 5.14. The number of rotatable bonds is 0. The van der Waals surface area contributed by atoms with Gasteiger partial charge in [-0.1, -0.05) is 0 Å². The molecule has 0 radical (unpaired) electrons. The number of esters is 1. The van der Waals surface area contributed by atoms with Gasteiger partial charge in [0.25, 0.3) is 0 Å². The summed E-state index contributed by atoms with van der Waals surface area (Å²) in [4.78, 5) is 10.5. The topological polar surface area (TPSA) is 38.3 Å². The van der Waals surface area contributed by atoms with Crippen LogP contribution in [0.25, 0.3) is 0 Å². The van der Waals surface area contributed by atoms with Gasteiger partial charge in [0.05, 0.1) is 12.1 Å². The van der Waals surface area contributed by atoms with Crippen LogP contribution in [0.1, 0.15) is 12.8 Å². The largest absolute Gasteiger partial charge is 0.463 e. The second kappa shape index (κ2) is 1.48. The van der Waals surface area contributed by atoms with E-state index in [0.717, 1.165) is 0 Å². The fraction of sp³-hybridized carbons (Fsp3) is 0.833. The van der Waals surface area contributed by atoms with Crippen molar-refractivity contribution in [3.8, 4) is 0 Å². The summed E-state index contributed by atoms with van der Waals surface area (Å²) in [5, 5.41) is 3.14. The Labute approximate surface area is 53.4 Å². The summed E-state index contributed by atoms with van der Waals surface area (Å²) in [6.45, 7) is 0.992. The molecule has 3 nitrogen and oxygen atoms in total. The van der Waals surface area contributed by atoms with E-state index in [1.54, 1.807) is 0 Å². The van der Waals surface area contributed by atoms with Crippen molar-refractivity contribution in [2.45, 2.75) is 18.4 Å². The normalized spacial score (nSPS) is 30.0. The Morgan fingerprint density at radius 2 is 2.33 bits per heavy atom. The molecular formula is C6H9NO2. The van der Waals surface area contributed by atoms with Gasteiger partial charge in [-0.05, 0) is 12.8 Å². The molecule has 0 aromatic rings. The molecule has 0 bridgehead atoms. The fourth-order valence-electron chi connectivity index (χ4n) is 1.05. The second-order valence-electron chi connectivity index (χ2n) is 2.79. The molecule has 0 aromatic heterocycles. The van der Waals surface area contributed by atoms with Crippen molar-refractivity contribution in [3.05, 3.63) is 0 Å². The van der Waals surface area contributed by atoms with Crippen LogP contribution in [0.4, 0.5) is 0 Å². The lowest BCUT2D eigenvalue weighted by Crippen LogP contribution is -2.45. The SMILES string of the molecule is O=C1CNC2(CC2)CO1. The highest BCUT2D eigenvalue weighted by molar-refractivity contribution is 5.72. The number of carbonyl (C=O) groups excluding carboxylic acids is 1. The van der Waals surface area contributed by atoms with E-state index in [1.165, 1.54) is 12.8 Å². The third-order valence-corrected chi connectivity index (χ3v) is 1.97. The molecule has 50 valence electrons. The number of hydrogen-bond acceptors (Lipinski definition) is 3. The standard InChI is InChI=1S/C6H9NO2/c8-5-3-7-6(1-2-6)4-9-5/h7H,1-4H2. The zero-order chi connectivity index (χ0) is 6.32. The number of morpholine rings is 1. The molecule has 1 saturated heterocycles. The summed E-state index contributed by atoms with van der Waals surface area (Å²) in [5.74, 6) is -0.118. The Balaban J connectivity index is 1.98. The van der Waals surface area contributed by atoms with Gasteiger partial charge in [-0.15, -0.1) is 0 Å². The Hall–Kier alpha value is -0.570. The van der Waals surface area contributed by atoms with Crippen molar-refractivity contribution in [1.29, 1.82) is 0 Å². The molecule has 1 saturated carbocycles. The fourth-order valence-corrected chi connectivity index (χ4v) is 1.05. The van der Waals surface area contributed by atoms with Gasteiger partial charge in [0.1, 0.15) is 6.61 Å². The van der Waals surface area contributed by atoms with Crippen LogP contribution in [0.2, 0.25) is 0 Å². The third-order valence-electron chi connectivity index (χ3n) is 1.97. The van der Waals surface area contributed by atoms with E-state index in [9.17, 15) is 4.79 Å². The zero-order valence-electron chi connectivity index (χ0n) is 5.14. The smallest absolute Gasteiger partial charge is 0.320 e. The molecule has 1 N–H and O–H groups in total. The first-order valence-corrected chi connectivity index (χ1v) is 3.21. The van der Waals surface area contributed by atoms with Crippen LogP contribution >= 0.6 is 0 Å². The van der Waals surface area contributed by atoms with Crippen LogP contribution in [0, 0.1) is 0 Å². The average Bonchev–Trinajstić information content (AvgIpc) is 2.60. The van der Waals surface area contributed by atoms with Crippen molar-refractivity contribution in [2.75, 3.05) is 13.2 Å². The number of cyclic esters (lactones) is 1. The Morgan fingerprint density at radius 3 is 2.78 bits per heavy atom. The Morgan fingerprint density at radius 1 is 1.56 bits per heavy atom. The highest BCUT2D eigenvalue weighted by Gasteiger charge is 2.46. The highest BCUT2D eigenvalue weighted by atomic mass is 16.5. The highest BCUT2D eigenvalue weighted by Crippen LogP contribution is 2.36. The average molecular weight is 127 g/mol. The number of carbonyl (C=O) groups is 1.